The highest BCUT2D eigenvalue weighted by molar-refractivity contribution is 5.96. The third kappa shape index (κ3) is 4.33. The molecule has 1 aliphatic carbocycles. The number of halogens is 3. The molecular weight excluding hydrogens is 511 g/mol. The first-order chi connectivity index (χ1) is 18.7. The summed E-state index contributed by atoms with van der Waals surface area (Å²) < 4.78 is 55.1. The topological polar surface area (TPSA) is 86.3 Å². The average Bonchev–Trinajstić information content (AvgIpc) is 3.57. The minimum absolute atomic E-state index is 0.0772. The second-order valence-corrected chi connectivity index (χ2v) is 10.3. The van der Waals surface area contributed by atoms with Gasteiger partial charge in [0.1, 0.15) is 17.1 Å². The van der Waals surface area contributed by atoms with Crippen molar-refractivity contribution in [3.8, 4) is 16.9 Å². The molecule has 0 radical (unpaired) electrons. The number of hydrogen-bond donors (Lipinski definition) is 0. The summed E-state index contributed by atoms with van der Waals surface area (Å²) in [7, 11) is 1.38. The smallest absolute Gasteiger partial charge is 0.248 e. The van der Waals surface area contributed by atoms with Gasteiger partial charge in [-0.25, -0.2) is 23.1 Å². The lowest BCUT2D eigenvalue weighted by atomic mass is 9.91. The number of hydrogen-bond acceptors (Lipinski definition) is 6. The number of aromatic nitrogens is 4. The van der Waals surface area contributed by atoms with E-state index in [2.05, 4.69) is 5.16 Å². The number of benzene rings is 1. The van der Waals surface area contributed by atoms with Gasteiger partial charge in [0.25, 0.3) is 0 Å². The minimum atomic E-state index is -2.70. The summed E-state index contributed by atoms with van der Waals surface area (Å²) in [6.07, 6.45) is 2.48. The molecule has 0 spiro atoms. The third-order valence-corrected chi connectivity index (χ3v) is 7.85. The minimum Gasteiger partial charge on any atom is -0.494 e. The van der Waals surface area contributed by atoms with Crippen LogP contribution in [0.4, 0.5) is 18.9 Å². The lowest BCUT2D eigenvalue weighted by molar-refractivity contribution is -0.117. The number of alkyl halides is 2. The Kier molecular flexibility index (Phi) is 6.11. The van der Waals surface area contributed by atoms with Crippen LogP contribution < -0.4 is 9.64 Å². The summed E-state index contributed by atoms with van der Waals surface area (Å²) in [5.41, 5.74) is 3.86. The van der Waals surface area contributed by atoms with Gasteiger partial charge in [0, 0.05) is 54.4 Å². The van der Waals surface area contributed by atoms with Crippen molar-refractivity contribution in [1.29, 1.82) is 0 Å². The summed E-state index contributed by atoms with van der Waals surface area (Å²) in [4.78, 5) is 24.3. The molecule has 3 aromatic heterocycles. The Morgan fingerprint density at radius 1 is 1.13 bits per heavy atom. The Morgan fingerprint density at radius 2 is 1.90 bits per heavy atom. The van der Waals surface area contributed by atoms with Crippen LogP contribution in [-0.2, 0) is 4.79 Å². The second kappa shape index (κ2) is 9.39. The zero-order valence-corrected chi connectivity index (χ0v) is 21.9. The van der Waals surface area contributed by atoms with Crippen LogP contribution in [0.2, 0.25) is 0 Å². The van der Waals surface area contributed by atoms with Gasteiger partial charge in [0.2, 0.25) is 11.8 Å². The molecule has 2 aliphatic rings. The van der Waals surface area contributed by atoms with Crippen LogP contribution in [0.3, 0.4) is 0 Å². The quantitative estimate of drug-likeness (QED) is 0.289. The largest absolute Gasteiger partial charge is 0.494 e. The van der Waals surface area contributed by atoms with E-state index < -0.39 is 17.8 Å². The molecule has 204 valence electrons. The number of carbonyl (C=O) groups is 1. The third-order valence-electron chi connectivity index (χ3n) is 7.85. The van der Waals surface area contributed by atoms with Gasteiger partial charge in [-0.3, -0.25) is 4.79 Å². The molecule has 11 heteroatoms. The summed E-state index contributed by atoms with van der Waals surface area (Å²) in [6.45, 7) is 3.67. The zero-order valence-electron chi connectivity index (χ0n) is 21.9. The number of anilines is 1. The van der Waals surface area contributed by atoms with E-state index in [4.69, 9.17) is 19.2 Å². The predicted molar refractivity (Wildman–Crippen MR) is 137 cm³/mol. The number of rotatable bonds is 5. The van der Waals surface area contributed by atoms with E-state index in [0.717, 1.165) is 16.8 Å². The number of nitrogens with zero attached hydrogens (tertiary/aromatic N) is 5. The van der Waals surface area contributed by atoms with Gasteiger partial charge in [-0.2, -0.15) is 0 Å². The summed E-state index contributed by atoms with van der Waals surface area (Å²) in [5.74, 6) is -2.16. The molecular formula is C28H28F3N5O3. The normalized spacial score (nSPS) is 19.8. The molecule has 39 heavy (non-hydrogen) atoms. The highest BCUT2D eigenvalue weighted by Crippen LogP contribution is 2.44. The molecule has 8 nitrogen and oxygen atoms in total. The Morgan fingerprint density at radius 3 is 2.56 bits per heavy atom. The van der Waals surface area contributed by atoms with Crippen LogP contribution in [0.1, 0.15) is 67.9 Å². The lowest BCUT2D eigenvalue weighted by Crippen LogP contribution is -2.32. The fraction of sp³-hybridized carbons (Fsp3) is 0.429. The molecule has 2 fully saturated rings. The number of imidazole rings is 1. The molecule has 1 aromatic carbocycles. The molecule has 1 aliphatic heterocycles. The predicted octanol–water partition coefficient (Wildman–Crippen LogP) is 6.47. The van der Waals surface area contributed by atoms with Crippen molar-refractivity contribution >= 4 is 22.8 Å². The molecule has 1 unspecified atom stereocenters. The monoisotopic (exact) mass is 539 g/mol. The van der Waals surface area contributed by atoms with E-state index in [-0.39, 0.29) is 49.8 Å². The van der Waals surface area contributed by atoms with Crippen LogP contribution in [0, 0.1) is 19.7 Å². The molecule has 1 saturated carbocycles. The molecule has 1 saturated heterocycles. The average molecular weight is 540 g/mol. The lowest BCUT2D eigenvalue weighted by Gasteiger charge is -2.32. The van der Waals surface area contributed by atoms with Crippen molar-refractivity contribution in [3.63, 3.8) is 0 Å². The van der Waals surface area contributed by atoms with Crippen LogP contribution in [0.25, 0.3) is 22.3 Å². The Balaban J connectivity index is 1.49. The van der Waals surface area contributed by atoms with Crippen molar-refractivity contribution in [3.05, 3.63) is 53.6 Å². The number of methoxy groups -OCH3 is 1. The van der Waals surface area contributed by atoms with Crippen molar-refractivity contribution in [1.82, 2.24) is 19.7 Å². The number of amides is 1. The van der Waals surface area contributed by atoms with Gasteiger partial charge in [-0.05, 0) is 51.3 Å². The van der Waals surface area contributed by atoms with Gasteiger partial charge in [-0.1, -0.05) is 5.16 Å². The molecule has 6 rings (SSSR count). The van der Waals surface area contributed by atoms with Crippen molar-refractivity contribution < 1.29 is 27.2 Å². The van der Waals surface area contributed by atoms with Gasteiger partial charge < -0.3 is 18.7 Å². The molecule has 1 amide bonds. The van der Waals surface area contributed by atoms with Gasteiger partial charge >= 0.3 is 0 Å². The number of pyridine rings is 1. The standard InChI is InChI=1S/C28H28F3N5O3/c1-15-25(16(2)39-34-15)17-12-21-26(32-14-17)36(18-8-10-28(30,31)11-9-18)27(33-21)22-5-7-24(37)35(22)19-4-6-23(38-3)20(29)13-19/h4,6,12-14,18,22H,5,7-11H2,1-3H3. The van der Waals surface area contributed by atoms with E-state index in [0.29, 0.717) is 34.9 Å². The number of fused-ring (bicyclic) bond motifs is 1. The summed E-state index contributed by atoms with van der Waals surface area (Å²) in [5, 5.41) is 4.03. The van der Waals surface area contributed by atoms with E-state index in [1.165, 1.54) is 19.2 Å². The fourth-order valence-electron chi connectivity index (χ4n) is 5.97. The van der Waals surface area contributed by atoms with Crippen LogP contribution in [0.5, 0.6) is 5.75 Å². The first-order valence-corrected chi connectivity index (χ1v) is 13.0. The SMILES string of the molecule is COc1ccc(N2C(=O)CCC2c2nc3cc(-c4c(C)noc4C)cnc3n2C2CCC(F)(F)CC2)cc1F. The Hall–Kier alpha value is -3.89. The number of ether oxygens (including phenoxy) is 1. The molecule has 4 aromatic rings. The highest BCUT2D eigenvalue weighted by Gasteiger charge is 2.41. The van der Waals surface area contributed by atoms with Crippen molar-refractivity contribution in [2.24, 2.45) is 0 Å². The second-order valence-electron chi connectivity index (χ2n) is 10.3. The van der Waals surface area contributed by atoms with E-state index >= 15 is 0 Å². The van der Waals surface area contributed by atoms with Crippen molar-refractivity contribution in [2.45, 2.75) is 70.4 Å². The van der Waals surface area contributed by atoms with E-state index in [1.54, 1.807) is 17.2 Å². The highest BCUT2D eigenvalue weighted by atomic mass is 19.3. The fourth-order valence-corrected chi connectivity index (χ4v) is 5.97. The zero-order chi connectivity index (χ0) is 27.5. The Labute approximate surface area is 222 Å². The van der Waals surface area contributed by atoms with Crippen LogP contribution >= 0.6 is 0 Å². The maximum atomic E-state index is 14.6. The maximum absolute atomic E-state index is 14.6. The summed E-state index contributed by atoms with van der Waals surface area (Å²) >= 11 is 0. The molecule has 4 heterocycles. The van der Waals surface area contributed by atoms with Crippen LogP contribution in [0.15, 0.2) is 35.0 Å². The van der Waals surface area contributed by atoms with E-state index in [9.17, 15) is 18.0 Å². The first kappa shape index (κ1) is 25.4. The number of aryl methyl sites for hydroxylation is 2. The Bertz CT molecular complexity index is 1550. The first-order valence-electron chi connectivity index (χ1n) is 13.0. The summed E-state index contributed by atoms with van der Waals surface area (Å²) in [6, 6.07) is 5.52. The molecule has 1 atom stereocenters. The number of carbonyl (C=O) groups excluding carboxylic acids is 1. The van der Waals surface area contributed by atoms with Crippen molar-refractivity contribution in [2.75, 3.05) is 12.0 Å². The van der Waals surface area contributed by atoms with E-state index in [1.807, 2.05) is 24.5 Å². The maximum Gasteiger partial charge on any atom is 0.248 e. The van der Waals surface area contributed by atoms with Gasteiger partial charge in [0.15, 0.2) is 17.2 Å². The molecule has 0 N–H and O–H groups in total. The van der Waals surface area contributed by atoms with Gasteiger partial charge in [0.05, 0.1) is 18.8 Å². The molecule has 0 bridgehead atoms. The van der Waals surface area contributed by atoms with Gasteiger partial charge in [-0.15, -0.1) is 0 Å². The van der Waals surface area contributed by atoms with Crippen LogP contribution in [-0.4, -0.2) is 38.6 Å².